The van der Waals surface area contributed by atoms with Gasteiger partial charge in [0, 0.05) is 32.3 Å². The summed E-state index contributed by atoms with van der Waals surface area (Å²) >= 11 is 1.24. The molecule has 4 rings (SSSR count). The number of hydrogen-bond acceptors (Lipinski definition) is 6. The zero-order chi connectivity index (χ0) is 23.2. The molecule has 1 saturated carbocycles. The van der Waals surface area contributed by atoms with Crippen molar-refractivity contribution in [2.45, 2.75) is 19.0 Å². The third-order valence-corrected chi connectivity index (χ3v) is 5.96. The van der Waals surface area contributed by atoms with Crippen molar-refractivity contribution >= 4 is 51.8 Å². The van der Waals surface area contributed by atoms with Gasteiger partial charge in [0.15, 0.2) is 5.65 Å². The van der Waals surface area contributed by atoms with Crippen LogP contribution in [0.1, 0.15) is 18.4 Å². The van der Waals surface area contributed by atoms with Crippen LogP contribution in [0.4, 0.5) is 36.1 Å². The molecule has 2 aromatic heterocycles. The first-order chi connectivity index (χ1) is 15.1. The highest BCUT2D eigenvalue weighted by Gasteiger charge is 2.32. The van der Waals surface area contributed by atoms with Crippen molar-refractivity contribution in [2.24, 2.45) is 13.0 Å². The van der Waals surface area contributed by atoms with E-state index in [4.69, 9.17) is 0 Å². The Morgan fingerprint density at radius 1 is 1.28 bits per heavy atom. The monoisotopic (exact) mass is 466 g/mol. The predicted molar refractivity (Wildman–Crippen MR) is 119 cm³/mol. The highest BCUT2D eigenvalue weighted by Crippen LogP contribution is 2.39. The minimum atomic E-state index is -4.49. The zero-order valence-electron chi connectivity index (χ0n) is 17.5. The van der Waals surface area contributed by atoms with Gasteiger partial charge >= 0.3 is 6.18 Å². The topological polar surface area (TPSA) is 95.0 Å². The second-order valence-corrected chi connectivity index (χ2v) is 8.47. The molecule has 0 unspecified atom stereocenters. The van der Waals surface area contributed by atoms with Crippen LogP contribution in [0, 0.1) is 5.92 Å². The number of fused-ring (bicyclic) bond motifs is 1. The van der Waals surface area contributed by atoms with Gasteiger partial charge in [-0.25, -0.2) is 4.98 Å². The standard InChI is InChI=1S/C20H21F3N6O2S/c1-28-19(31)16-13(9-15(25-17(16)27-28)26-18(30)10-4-5-10)24-12-7-6-11(20(21,22)23)8-14(12)29(2)32-3/h6-10H,4-5H2,1-3H3,(H3,24,25,26,27,30). The van der Waals surface area contributed by atoms with Crippen molar-refractivity contribution in [3.8, 4) is 0 Å². The molecule has 0 spiro atoms. The Balaban J connectivity index is 1.80. The van der Waals surface area contributed by atoms with Crippen molar-refractivity contribution < 1.29 is 18.0 Å². The molecule has 0 radical (unpaired) electrons. The van der Waals surface area contributed by atoms with Gasteiger partial charge in [-0.05, 0) is 31.0 Å². The fourth-order valence-electron chi connectivity index (χ4n) is 3.27. The molecular weight excluding hydrogens is 445 g/mol. The summed E-state index contributed by atoms with van der Waals surface area (Å²) in [4.78, 5) is 29.2. The number of halogens is 3. The van der Waals surface area contributed by atoms with Gasteiger partial charge in [0.05, 0.1) is 22.6 Å². The number of benzene rings is 1. The van der Waals surface area contributed by atoms with E-state index in [1.54, 1.807) is 17.6 Å². The molecule has 0 saturated heterocycles. The number of hydrogen-bond donors (Lipinski definition) is 3. The molecule has 3 aromatic rings. The van der Waals surface area contributed by atoms with E-state index in [0.29, 0.717) is 11.4 Å². The number of rotatable bonds is 6. The maximum atomic E-state index is 13.3. The lowest BCUT2D eigenvalue weighted by molar-refractivity contribution is -0.137. The summed E-state index contributed by atoms with van der Waals surface area (Å²) in [6, 6.07) is 4.85. The number of carbonyl (C=O) groups excluding carboxylic acids is 1. The quantitative estimate of drug-likeness (QED) is 0.474. The van der Waals surface area contributed by atoms with Gasteiger partial charge in [0.2, 0.25) is 5.91 Å². The summed E-state index contributed by atoms with van der Waals surface area (Å²) in [6.45, 7) is 0. The van der Waals surface area contributed by atoms with Gasteiger partial charge in [-0.2, -0.15) is 13.2 Å². The van der Waals surface area contributed by atoms with Crippen LogP contribution in [0.3, 0.4) is 0 Å². The average molecular weight is 466 g/mol. The van der Waals surface area contributed by atoms with E-state index in [1.807, 2.05) is 0 Å². The Morgan fingerprint density at radius 2 is 2.00 bits per heavy atom. The predicted octanol–water partition coefficient (Wildman–Crippen LogP) is 4.09. The lowest BCUT2D eigenvalue weighted by Gasteiger charge is -2.22. The average Bonchev–Trinajstić information content (AvgIpc) is 3.53. The molecule has 170 valence electrons. The SMILES string of the molecule is CSN(C)c1cc(C(F)(F)F)ccc1Nc1cc(NC(=O)C2CC2)nc2[nH]n(C)c(=O)c12. The number of aryl methyl sites for hydroxylation is 1. The van der Waals surface area contributed by atoms with Crippen LogP contribution in [-0.4, -0.2) is 34.0 Å². The summed E-state index contributed by atoms with van der Waals surface area (Å²) < 4.78 is 42.6. The summed E-state index contributed by atoms with van der Waals surface area (Å²) in [6.07, 6.45) is -1.12. The normalized spacial score (nSPS) is 13.9. The van der Waals surface area contributed by atoms with E-state index >= 15 is 0 Å². The molecule has 1 aliphatic rings. The van der Waals surface area contributed by atoms with Crippen LogP contribution in [0.2, 0.25) is 0 Å². The number of amides is 1. The molecule has 3 N–H and O–H groups in total. The largest absolute Gasteiger partial charge is 0.416 e. The summed E-state index contributed by atoms with van der Waals surface area (Å²) in [7, 11) is 3.17. The molecule has 1 fully saturated rings. The number of carbonyl (C=O) groups is 1. The van der Waals surface area contributed by atoms with Crippen LogP contribution in [-0.2, 0) is 18.0 Å². The maximum Gasteiger partial charge on any atom is 0.416 e. The first-order valence-corrected chi connectivity index (χ1v) is 10.9. The fraction of sp³-hybridized carbons (Fsp3) is 0.350. The van der Waals surface area contributed by atoms with Crippen molar-refractivity contribution in [3.63, 3.8) is 0 Å². The van der Waals surface area contributed by atoms with E-state index < -0.39 is 11.7 Å². The first kappa shape index (κ1) is 22.1. The van der Waals surface area contributed by atoms with Crippen LogP contribution >= 0.6 is 11.9 Å². The smallest absolute Gasteiger partial charge is 0.353 e. The molecule has 2 heterocycles. The van der Waals surface area contributed by atoms with Gasteiger partial charge in [-0.15, -0.1) is 0 Å². The summed E-state index contributed by atoms with van der Waals surface area (Å²) in [5, 5.41) is 8.88. The molecule has 0 bridgehead atoms. The Labute approximate surface area is 185 Å². The molecule has 1 aliphatic carbocycles. The molecule has 32 heavy (non-hydrogen) atoms. The van der Waals surface area contributed by atoms with Crippen LogP contribution in [0.5, 0.6) is 0 Å². The van der Waals surface area contributed by atoms with Gasteiger partial charge in [0.25, 0.3) is 5.56 Å². The Hall–Kier alpha value is -3.15. The molecular formula is C20H21F3N6O2S. The summed E-state index contributed by atoms with van der Waals surface area (Å²) in [5.41, 5.74) is 0.0764. The van der Waals surface area contributed by atoms with E-state index in [2.05, 4.69) is 20.7 Å². The van der Waals surface area contributed by atoms with Crippen molar-refractivity contribution in [1.82, 2.24) is 14.8 Å². The third kappa shape index (κ3) is 4.27. The third-order valence-electron chi connectivity index (χ3n) is 5.22. The number of aromatic nitrogens is 3. The molecule has 1 amide bonds. The molecule has 0 atom stereocenters. The van der Waals surface area contributed by atoms with Gasteiger partial charge in [-0.3, -0.25) is 19.4 Å². The van der Waals surface area contributed by atoms with Crippen molar-refractivity contribution in [3.05, 3.63) is 40.2 Å². The number of alkyl halides is 3. The number of pyridine rings is 1. The number of nitrogens with zero attached hydrogens (tertiary/aromatic N) is 3. The number of aromatic amines is 1. The van der Waals surface area contributed by atoms with Crippen molar-refractivity contribution in [2.75, 3.05) is 28.2 Å². The maximum absolute atomic E-state index is 13.3. The van der Waals surface area contributed by atoms with E-state index in [1.165, 1.54) is 35.8 Å². The van der Waals surface area contributed by atoms with Crippen molar-refractivity contribution in [1.29, 1.82) is 0 Å². The number of nitrogens with one attached hydrogen (secondary N) is 3. The van der Waals surface area contributed by atoms with E-state index in [0.717, 1.165) is 25.0 Å². The molecule has 0 aliphatic heterocycles. The van der Waals surface area contributed by atoms with E-state index in [9.17, 15) is 22.8 Å². The highest BCUT2D eigenvalue weighted by molar-refractivity contribution is 7.99. The Morgan fingerprint density at radius 3 is 2.62 bits per heavy atom. The van der Waals surface area contributed by atoms with Gasteiger partial charge in [-0.1, -0.05) is 11.9 Å². The number of H-pyrrole nitrogens is 1. The van der Waals surface area contributed by atoms with Gasteiger partial charge < -0.3 is 14.9 Å². The highest BCUT2D eigenvalue weighted by atomic mass is 32.2. The number of anilines is 4. The fourth-order valence-corrected chi connectivity index (χ4v) is 3.62. The van der Waals surface area contributed by atoms with Gasteiger partial charge in [0.1, 0.15) is 11.2 Å². The van der Waals surface area contributed by atoms with Crippen LogP contribution in [0.15, 0.2) is 29.1 Å². The molecule has 8 nitrogen and oxygen atoms in total. The Bertz CT molecular complexity index is 1250. The van der Waals surface area contributed by atoms with Crippen LogP contribution < -0.4 is 20.5 Å². The Kier molecular flexibility index (Phi) is 5.57. The minimum absolute atomic E-state index is 0.0459. The second-order valence-electron chi connectivity index (χ2n) is 7.55. The lowest BCUT2D eigenvalue weighted by Crippen LogP contribution is -2.15. The first-order valence-electron chi connectivity index (χ1n) is 9.75. The minimum Gasteiger partial charge on any atom is -0.353 e. The molecule has 1 aromatic carbocycles. The lowest BCUT2D eigenvalue weighted by atomic mass is 10.1. The second kappa shape index (κ2) is 8.08. The zero-order valence-corrected chi connectivity index (χ0v) is 18.3. The van der Waals surface area contributed by atoms with Crippen LogP contribution in [0.25, 0.3) is 11.0 Å². The molecule has 12 heteroatoms. The van der Waals surface area contributed by atoms with E-state index in [-0.39, 0.29) is 39.9 Å². The summed E-state index contributed by atoms with van der Waals surface area (Å²) in [5.74, 6) is 0.0410.